The summed E-state index contributed by atoms with van der Waals surface area (Å²) >= 11 is 0. The molecule has 0 spiro atoms. The Kier molecular flexibility index (Phi) is 5.74. The number of benzene rings is 2. The summed E-state index contributed by atoms with van der Waals surface area (Å²) in [6.07, 6.45) is 0.684. The molecule has 2 rings (SSSR count). The molecule has 0 aliphatic carbocycles. The van der Waals surface area contributed by atoms with Gasteiger partial charge in [-0.25, -0.2) is 5.43 Å². The number of phenolic OH excluding ortho intramolecular Hbond substituents is 1. The van der Waals surface area contributed by atoms with Crippen molar-refractivity contribution in [3.63, 3.8) is 0 Å². The monoisotopic (exact) mass is 312 g/mol. The van der Waals surface area contributed by atoms with Crippen LogP contribution in [0, 0.1) is 0 Å². The predicted octanol–water partition coefficient (Wildman–Crippen LogP) is 3.34. The van der Waals surface area contributed by atoms with Crippen LogP contribution in [-0.4, -0.2) is 23.3 Å². The van der Waals surface area contributed by atoms with Crippen LogP contribution in [0.4, 0.5) is 0 Å². The number of carbonyl (C=O) groups is 1. The van der Waals surface area contributed by atoms with Gasteiger partial charge in [0.25, 0.3) is 5.91 Å². The second kappa shape index (κ2) is 7.98. The third kappa shape index (κ3) is 4.57. The molecule has 0 saturated heterocycles. The lowest BCUT2D eigenvalue weighted by Crippen LogP contribution is -2.19. The van der Waals surface area contributed by atoms with Gasteiger partial charge >= 0.3 is 0 Å². The van der Waals surface area contributed by atoms with Gasteiger partial charge in [-0.15, -0.1) is 0 Å². The van der Waals surface area contributed by atoms with Crippen molar-refractivity contribution >= 4 is 11.6 Å². The van der Waals surface area contributed by atoms with Crippen molar-refractivity contribution in [3.8, 4) is 11.5 Å². The van der Waals surface area contributed by atoms with E-state index >= 15 is 0 Å². The first-order chi connectivity index (χ1) is 11.1. The minimum atomic E-state index is -0.318. The summed E-state index contributed by atoms with van der Waals surface area (Å²) in [5.74, 6) is 0.607. The van der Waals surface area contributed by atoms with Crippen LogP contribution in [0.2, 0.25) is 0 Å². The molecule has 0 heterocycles. The summed E-state index contributed by atoms with van der Waals surface area (Å²) in [5, 5.41) is 13.4. The molecule has 0 bridgehead atoms. The Hall–Kier alpha value is -2.82. The summed E-state index contributed by atoms with van der Waals surface area (Å²) < 4.78 is 5.41. The molecular weight excluding hydrogens is 292 g/mol. The van der Waals surface area contributed by atoms with E-state index in [-0.39, 0.29) is 11.7 Å². The van der Waals surface area contributed by atoms with Gasteiger partial charge in [0.2, 0.25) is 0 Å². The van der Waals surface area contributed by atoms with Crippen LogP contribution >= 0.6 is 0 Å². The maximum Gasteiger partial charge on any atom is 0.271 e. The van der Waals surface area contributed by atoms with E-state index in [0.29, 0.717) is 18.6 Å². The lowest BCUT2D eigenvalue weighted by molar-refractivity contribution is 0.0955. The van der Waals surface area contributed by atoms with Gasteiger partial charge in [-0.2, -0.15) is 5.10 Å². The van der Waals surface area contributed by atoms with Gasteiger partial charge in [-0.3, -0.25) is 4.79 Å². The van der Waals surface area contributed by atoms with Crippen LogP contribution in [-0.2, 0) is 0 Å². The maximum absolute atomic E-state index is 12.0. The fourth-order valence-corrected chi connectivity index (χ4v) is 2.05. The molecule has 0 aliphatic rings. The van der Waals surface area contributed by atoms with Gasteiger partial charge < -0.3 is 9.84 Å². The number of rotatable bonds is 6. The molecule has 0 saturated carbocycles. The Balaban J connectivity index is 2.08. The van der Waals surface area contributed by atoms with E-state index < -0.39 is 0 Å². The fourth-order valence-electron chi connectivity index (χ4n) is 2.05. The molecule has 2 aromatic rings. The smallest absolute Gasteiger partial charge is 0.271 e. The van der Waals surface area contributed by atoms with Crippen molar-refractivity contribution in [1.82, 2.24) is 5.43 Å². The number of nitrogens with zero attached hydrogens (tertiary/aromatic N) is 1. The van der Waals surface area contributed by atoms with E-state index in [4.69, 9.17) is 4.74 Å². The molecule has 2 N–H and O–H groups in total. The van der Waals surface area contributed by atoms with E-state index in [0.717, 1.165) is 17.0 Å². The zero-order valence-corrected chi connectivity index (χ0v) is 13.2. The highest BCUT2D eigenvalue weighted by atomic mass is 16.5. The van der Waals surface area contributed by atoms with Crippen LogP contribution in [0.5, 0.6) is 11.5 Å². The van der Waals surface area contributed by atoms with Gasteiger partial charge in [0.05, 0.1) is 12.3 Å². The predicted molar refractivity (Wildman–Crippen MR) is 90.0 cm³/mol. The summed E-state index contributed by atoms with van der Waals surface area (Å²) in [6.45, 7) is 4.53. The fraction of sp³-hybridized carbons (Fsp3) is 0.222. The number of nitrogens with one attached hydrogen (secondary N) is 1. The molecule has 5 heteroatoms. The van der Waals surface area contributed by atoms with Crippen molar-refractivity contribution in [2.45, 2.75) is 20.3 Å². The van der Waals surface area contributed by atoms with Crippen LogP contribution < -0.4 is 10.2 Å². The standard InChI is InChI=1S/C18H20N2O3/c1-3-17(13-7-11-16(12-8-13)23-4-2)19-20-18(22)14-5-9-15(21)10-6-14/h5-12,21H,3-4H2,1-2H3,(H,20,22). The number of aromatic hydroxyl groups is 1. The van der Waals surface area contributed by atoms with E-state index in [1.54, 1.807) is 12.1 Å². The lowest BCUT2D eigenvalue weighted by Gasteiger charge is -2.07. The molecule has 0 aromatic heterocycles. The molecule has 0 atom stereocenters. The molecule has 5 nitrogen and oxygen atoms in total. The van der Waals surface area contributed by atoms with Crippen molar-refractivity contribution in [2.75, 3.05) is 6.61 Å². The Bertz CT molecular complexity index is 676. The molecular formula is C18H20N2O3. The van der Waals surface area contributed by atoms with Crippen LogP contribution in [0.15, 0.2) is 53.6 Å². The third-order valence-electron chi connectivity index (χ3n) is 3.26. The van der Waals surface area contributed by atoms with Crippen molar-refractivity contribution in [1.29, 1.82) is 0 Å². The number of hydrogen-bond acceptors (Lipinski definition) is 4. The number of phenols is 1. The number of hydrazone groups is 1. The lowest BCUT2D eigenvalue weighted by atomic mass is 10.1. The summed E-state index contributed by atoms with van der Waals surface area (Å²) in [7, 11) is 0. The highest BCUT2D eigenvalue weighted by Crippen LogP contribution is 2.14. The molecule has 120 valence electrons. The van der Waals surface area contributed by atoms with Crippen LogP contribution in [0.3, 0.4) is 0 Å². The second-order valence-corrected chi connectivity index (χ2v) is 4.86. The normalized spacial score (nSPS) is 11.1. The number of hydrogen-bond donors (Lipinski definition) is 2. The molecule has 2 aromatic carbocycles. The van der Waals surface area contributed by atoms with Crippen molar-refractivity contribution in [3.05, 3.63) is 59.7 Å². The van der Waals surface area contributed by atoms with E-state index in [2.05, 4.69) is 10.5 Å². The molecule has 0 unspecified atom stereocenters. The number of ether oxygens (including phenoxy) is 1. The Labute approximate surface area is 135 Å². The van der Waals surface area contributed by atoms with Gasteiger partial charge in [0, 0.05) is 5.56 Å². The number of amides is 1. The van der Waals surface area contributed by atoms with Crippen LogP contribution in [0.25, 0.3) is 0 Å². The van der Waals surface area contributed by atoms with Crippen LogP contribution in [0.1, 0.15) is 36.2 Å². The maximum atomic E-state index is 12.0. The minimum Gasteiger partial charge on any atom is -0.508 e. The average molecular weight is 312 g/mol. The quantitative estimate of drug-likeness (QED) is 0.635. The van der Waals surface area contributed by atoms with E-state index in [1.807, 2.05) is 38.1 Å². The minimum absolute atomic E-state index is 0.119. The molecule has 1 amide bonds. The second-order valence-electron chi connectivity index (χ2n) is 4.86. The van der Waals surface area contributed by atoms with Crippen molar-refractivity contribution < 1.29 is 14.6 Å². The average Bonchev–Trinajstić information content (AvgIpc) is 2.57. The first-order valence-corrected chi connectivity index (χ1v) is 7.53. The summed E-state index contributed by atoms with van der Waals surface area (Å²) in [4.78, 5) is 12.0. The molecule has 23 heavy (non-hydrogen) atoms. The molecule has 0 fully saturated rings. The topological polar surface area (TPSA) is 70.9 Å². The van der Waals surface area contributed by atoms with E-state index in [9.17, 15) is 9.90 Å². The van der Waals surface area contributed by atoms with Gasteiger partial charge in [-0.1, -0.05) is 6.92 Å². The number of carbonyl (C=O) groups excluding carboxylic acids is 1. The Morgan fingerprint density at radius 2 is 1.65 bits per heavy atom. The zero-order chi connectivity index (χ0) is 16.7. The summed E-state index contributed by atoms with van der Waals surface area (Å²) in [6, 6.07) is 13.6. The Morgan fingerprint density at radius 3 is 2.22 bits per heavy atom. The summed E-state index contributed by atoms with van der Waals surface area (Å²) in [5.41, 5.74) is 4.69. The van der Waals surface area contributed by atoms with Gasteiger partial charge in [-0.05, 0) is 67.4 Å². The highest BCUT2D eigenvalue weighted by molar-refractivity contribution is 6.02. The molecule has 0 aliphatic heterocycles. The molecule has 0 radical (unpaired) electrons. The third-order valence-corrected chi connectivity index (χ3v) is 3.26. The first-order valence-electron chi connectivity index (χ1n) is 7.53. The zero-order valence-electron chi connectivity index (χ0n) is 13.2. The van der Waals surface area contributed by atoms with Gasteiger partial charge in [0.15, 0.2) is 0 Å². The van der Waals surface area contributed by atoms with Crippen molar-refractivity contribution in [2.24, 2.45) is 5.10 Å². The van der Waals surface area contributed by atoms with Gasteiger partial charge in [0.1, 0.15) is 11.5 Å². The first kappa shape index (κ1) is 16.5. The van der Waals surface area contributed by atoms with E-state index in [1.165, 1.54) is 12.1 Å². The largest absolute Gasteiger partial charge is 0.508 e. The Morgan fingerprint density at radius 1 is 1.04 bits per heavy atom. The highest BCUT2D eigenvalue weighted by Gasteiger charge is 2.06. The SMILES string of the molecule is CCOc1ccc(C(CC)=NNC(=O)c2ccc(O)cc2)cc1.